The minimum Gasteiger partial charge on any atom is -0.496 e. The number of ether oxygens (including phenoxy) is 1. The van der Waals surface area contributed by atoms with Gasteiger partial charge in [-0.25, -0.2) is 4.39 Å². The highest BCUT2D eigenvalue weighted by Crippen LogP contribution is 2.35. The number of aliphatic hydroxyl groups is 1. The van der Waals surface area contributed by atoms with Gasteiger partial charge in [-0.05, 0) is 55.2 Å². The van der Waals surface area contributed by atoms with E-state index in [1.54, 1.807) is 20.1 Å². The fraction of sp³-hybridized carbons (Fsp3) is 0.294. The standard InChI is InChI=1S/C17H19FO2/c1-10-5-7-15(17(20-4)12(10)3)16(19)14-8-6-13(18)9-11(14)2/h5-9,16,19H,1-4H3. The molecule has 2 rings (SSSR count). The lowest BCUT2D eigenvalue weighted by Gasteiger charge is -2.19. The van der Waals surface area contributed by atoms with Gasteiger partial charge in [-0.15, -0.1) is 0 Å². The van der Waals surface area contributed by atoms with Crippen LogP contribution in [-0.2, 0) is 0 Å². The van der Waals surface area contributed by atoms with Crippen molar-refractivity contribution in [1.82, 2.24) is 0 Å². The second-order valence-electron chi connectivity index (χ2n) is 5.03. The summed E-state index contributed by atoms with van der Waals surface area (Å²) in [5, 5.41) is 10.6. The van der Waals surface area contributed by atoms with Crippen LogP contribution >= 0.6 is 0 Å². The van der Waals surface area contributed by atoms with Crippen LogP contribution in [0.25, 0.3) is 0 Å². The molecule has 20 heavy (non-hydrogen) atoms. The molecule has 0 amide bonds. The minimum atomic E-state index is -0.829. The third-order valence-corrected chi connectivity index (χ3v) is 3.73. The Labute approximate surface area is 118 Å². The highest BCUT2D eigenvalue weighted by molar-refractivity contribution is 5.49. The van der Waals surface area contributed by atoms with Crippen LogP contribution in [0.5, 0.6) is 5.75 Å². The Kier molecular flexibility index (Phi) is 4.09. The molecular formula is C17H19FO2. The third-order valence-electron chi connectivity index (χ3n) is 3.73. The van der Waals surface area contributed by atoms with E-state index in [1.807, 2.05) is 26.0 Å². The molecule has 2 aromatic carbocycles. The first-order valence-corrected chi connectivity index (χ1v) is 6.54. The van der Waals surface area contributed by atoms with Gasteiger partial charge in [-0.1, -0.05) is 18.2 Å². The lowest BCUT2D eigenvalue weighted by atomic mass is 9.94. The summed E-state index contributed by atoms with van der Waals surface area (Å²) in [6.45, 7) is 5.74. The molecule has 0 aliphatic carbocycles. The van der Waals surface area contributed by atoms with Gasteiger partial charge in [0.2, 0.25) is 0 Å². The van der Waals surface area contributed by atoms with E-state index in [4.69, 9.17) is 4.74 Å². The number of methoxy groups -OCH3 is 1. The van der Waals surface area contributed by atoms with Gasteiger partial charge in [0.05, 0.1) is 7.11 Å². The van der Waals surface area contributed by atoms with E-state index in [2.05, 4.69) is 0 Å². The smallest absolute Gasteiger partial charge is 0.128 e. The maximum absolute atomic E-state index is 13.2. The lowest BCUT2D eigenvalue weighted by molar-refractivity contribution is 0.213. The average Bonchev–Trinajstić information content (AvgIpc) is 2.41. The summed E-state index contributed by atoms with van der Waals surface area (Å²) in [5.41, 5.74) is 4.22. The van der Waals surface area contributed by atoms with E-state index in [1.165, 1.54) is 12.1 Å². The highest BCUT2D eigenvalue weighted by Gasteiger charge is 2.19. The maximum Gasteiger partial charge on any atom is 0.128 e. The zero-order chi connectivity index (χ0) is 14.9. The normalized spacial score (nSPS) is 12.3. The first-order chi connectivity index (χ1) is 9.45. The summed E-state index contributed by atoms with van der Waals surface area (Å²) in [4.78, 5) is 0. The predicted octanol–water partition coefficient (Wildman–Crippen LogP) is 3.84. The van der Waals surface area contributed by atoms with Crippen molar-refractivity contribution in [3.8, 4) is 5.75 Å². The molecule has 106 valence electrons. The molecule has 0 bridgehead atoms. The van der Waals surface area contributed by atoms with Gasteiger partial charge in [-0.3, -0.25) is 0 Å². The van der Waals surface area contributed by atoms with Gasteiger partial charge < -0.3 is 9.84 Å². The monoisotopic (exact) mass is 274 g/mol. The van der Waals surface area contributed by atoms with Crippen LogP contribution in [0.1, 0.15) is 33.9 Å². The zero-order valence-corrected chi connectivity index (χ0v) is 12.2. The van der Waals surface area contributed by atoms with Crippen molar-refractivity contribution >= 4 is 0 Å². The van der Waals surface area contributed by atoms with Crippen molar-refractivity contribution in [2.24, 2.45) is 0 Å². The quantitative estimate of drug-likeness (QED) is 0.921. The Hall–Kier alpha value is -1.87. The number of rotatable bonds is 3. The molecule has 1 N–H and O–H groups in total. The molecule has 0 aromatic heterocycles. The van der Waals surface area contributed by atoms with E-state index < -0.39 is 6.10 Å². The van der Waals surface area contributed by atoms with Crippen molar-refractivity contribution in [3.63, 3.8) is 0 Å². The van der Waals surface area contributed by atoms with Crippen molar-refractivity contribution in [3.05, 3.63) is 64.0 Å². The molecule has 0 aliphatic rings. The zero-order valence-electron chi connectivity index (χ0n) is 12.2. The van der Waals surface area contributed by atoms with Gasteiger partial charge in [-0.2, -0.15) is 0 Å². The van der Waals surface area contributed by atoms with Crippen molar-refractivity contribution < 1.29 is 14.2 Å². The van der Waals surface area contributed by atoms with Crippen LogP contribution in [0.4, 0.5) is 4.39 Å². The van der Waals surface area contributed by atoms with Gasteiger partial charge in [0.1, 0.15) is 17.7 Å². The Morgan fingerprint density at radius 1 is 1.00 bits per heavy atom. The number of hydrogen-bond donors (Lipinski definition) is 1. The molecule has 2 aromatic rings. The summed E-state index contributed by atoms with van der Waals surface area (Å²) in [6.07, 6.45) is -0.829. The third kappa shape index (κ3) is 2.54. The molecule has 0 saturated heterocycles. The van der Waals surface area contributed by atoms with Crippen LogP contribution in [0, 0.1) is 26.6 Å². The van der Waals surface area contributed by atoms with Crippen molar-refractivity contribution in [2.45, 2.75) is 26.9 Å². The Morgan fingerprint density at radius 3 is 2.25 bits per heavy atom. The molecule has 0 fully saturated rings. The molecule has 3 heteroatoms. The molecular weight excluding hydrogens is 255 g/mol. The van der Waals surface area contributed by atoms with Crippen LogP contribution < -0.4 is 4.74 Å². The number of hydrogen-bond acceptors (Lipinski definition) is 2. The fourth-order valence-corrected chi connectivity index (χ4v) is 2.41. The molecule has 0 heterocycles. The van der Waals surface area contributed by atoms with Crippen molar-refractivity contribution in [1.29, 1.82) is 0 Å². The molecule has 1 atom stereocenters. The molecule has 2 nitrogen and oxygen atoms in total. The van der Waals surface area contributed by atoms with Crippen LogP contribution in [0.3, 0.4) is 0 Å². The molecule has 0 spiro atoms. The van der Waals surface area contributed by atoms with E-state index >= 15 is 0 Å². The van der Waals surface area contributed by atoms with Crippen LogP contribution in [0.2, 0.25) is 0 Å². The van der Waals surface area contributed by atoms with Crippen molar-refractivity contribution in [2.75, 3.05) is 7.11 Å². The molecule has 0 saturated carbocycles. The first kappa shape index (κ1) is 14.5. The van der Waals surface area contributed by atoms with E-state index in [9.17, 15) is 9.50 Å². The number of benzene rings is 2. The van der Waals surface area contributed by atoms with Gasteiger partial charge >= 0.3 is 0 Å². The second-order valence-corrected chi connectivity index (χ2v) is 5.03. The maximum atomic E-state index is 13.2. The fourth-order valence-electron chi connectivity index (χ4n) is 2.41. The summed E-state index contributed by atoms with van der Waals surface area (Å²) >= 11 is 0. The van der Waals surface area contributed by atoms with E-state index in [0.717, 1.165) is 16.7 Å². The topological polar surface area (TPSA) is 29.5 Å². The first-order valence-electron chi connectivity index (χ1n) is 6.54. The van der Waals surface area contributed by atoms with Gasteiger partial charge in [0.25, 0.3) is 0 Å². The molecule has 0 aliphatic heterocycles. The second kappa shape index (κ2) is 5.63. The number of aliphatic hydroxyl groups excluding tert-OH is 1. The number of halogens is 1. The average molecular weight is 274 g/mol. The predicted molar refractivity (Wildman–Crippen MR) is 77.7 cm³/mol. The molecule has 0 radical (unpaired) electrons. The van der Waals surface area contributed by atoms with Crippen LogP contribution in [0.15, 0.2) is 30.3 Å². The summed E-state index contributed by atoms with van der Waals surface area (Å²) in [7, 11) is 1.59. The van der Waals surface area contributed by atoms with Gasteiger partial charge in [0.15, 0.2) is 0 Å². The summed E-state index contributed by atoms with van der Waals surface area (Å²) in [5.74, 6) is 0.381. The Bertz CT molecular complexity index is 635. The highest BCUT2D eigenvalue weighted by atomic mass is 19.1. The SMILES string of the molecule is COc1c(C(O)c2ccc(F)cc2C)ccc(C)c1C. The van der Waals surface area contributed by atoms with Crippen LogP contribution in [-0.4, -0.2) is 12.2 Å². The largest absolute Gasteiger partial charge is 0.496 e. The Balaban J connectivity index is 2.53. The molecule has 1 unspecified atom stereocenters. The summed E-state index contributed by atoms with van der Waals surface area (Å²) < 4.78 is 18.6. The van der Waals surface area contributed by atoms with E-state index in [0.29, 0.717) is 16.9 Å². The minimum absolute atomic E-state index is 0.300. The lowest BCUT2D eigenvalue weighted by Crippen LogP contribution is -2.06. The van der Waals surface area contributed by atoms with Gasteiger partial charge in [0, 0.05) is 5.56 Å². The number of aryl methyl sites for hydroxylation is 2. The Morgan fingerprint density at radius 2 is 1.65 bits per heavy atom. The summed E-state index contributed by atoms with van der Waals surface area (Å²) in [6, 6.07) is 8.21. The van der Waals surface area contributed by atoms with E-state index in [-0.39, 0.29) is 5.82 Å².